The molecule has 2 unspecified atom stereocenters. The molecule has 1 amide bonds. The van der Waals surface area contributed by atoms with Crippen molar-refractivity contribution in [3.8, 4) is 0 Å². The van der Waals surface area contributed by atoms with E-state index in [1.54, 1.807) is 0 Å². The predicted octanol–water partition coefficient (Wildman–Crippen LogP) is 3.23. The molecule has 108 valence electrons. The Labute approximate surface area is 121 Å². The molecular formula is C17H24N2O. The highest BCUT2D eigenvalue weighted by Gasteiger charge is 2.33. The number of nitrogen functional groups attached to an aromatic ring is 1. The third-order valence-electron chi connectivity index (χ3n) is 5.18. The van der Waals surface area contributed by atoms with Crippen molar-refractivity contribution in [3.63, 3.8) is 0 Å². The Bertz CT molecular complexity index is 512. The number of hydrogen-bond acceptors (Lipinski definition) is 2. The smallest absolute Gasteiger partial charge is 0.254 e. The zero-order valence-corrected chi connectivity index (χ0v) is 12.3. The molecule has 2 atom stereocenters. The Morgan fingerprint density at radius 3 is 2.75 bits per heavy atom. The first-order valence-electron chi connectivity index (χ1n) is 7.81. The van der Waals surface area contributed by atoms with Crippen molar-refractivity contribution in [3.05, 3.63) is 29.3 Å². The lowest BCUT2D eigenvalue weighted by molar-refractivity contribution is 0.0520. The number of piperidine rings is 1. The van der Waals surface area contributed by atoms with Gasteiger partial charge in [-0.15, -0.1) is 0 Å². The number of hydrogen-bond donors (Lipinski definition) is 1. The Morgan fingerprint density at radius 2 is 1.95 bits per heavy atom. The van der Waals surface area contributed by atoms with Crippen LogP contribution in [0.15, 0.2) is 18.2 Å². The van der Waals surface area contributed by atoms with E-state index < -0.39 is 0 Å². The molecule has 2 fully saturated rings. The molecule has 1 aliphatic carbocycles. The number of amides is 1. The summed E-state index contributed by atoms with van der Waals surface area (Å²) in [6, 6.07) is 5.64. The first-order valence-corrected chi connectivity index (χ1v) is 7.81. The lowest BCUT2D eigenvalue weighted by Gasteiger charge is -2.41. The summed E-state index contributed by atoms with van der Waals surface area (Å²) in [6.07, 6.45) is 6.55. The SMILES string of the molecule is Cc1c(N)cccc1C(=O)N1CCC2CCCCC2C1. The van der Waals surface area contributed by atoms with Crippen LogP contribution in [0.1, 0.15) is 48.0 Å². The summed E-state index contributed by atoms with van der Waals surface area (Å²) in [6.45, 7) is 3.79. The van der Waals surface area contributed by atoms with Crippen LogP contribution >= 0.6 is 0 Å². The summed E-state index contributed by atoms with van der Waals surface area (Å²) in [5, 5.41) is 0. The molecule has 3 rings (SSSR count). The molecule has 1 saturated heterocycles. The maximum Gasteiger partial charge on any atom is 0.254 e. The van der Waals surface area contributed by atoms with Gasteiger partial charge in [0.15, 0.2) is 0 Å². The van der Waals surface area contributed by atoms with E-state index in [1.807, 2.05) is 30.0 Å². The molecule has 2 aliphatic rings. The van der Waals surface area contributed by atoms with Crippen molar-refractivity contribution in [1.29, 1.82) is 0 Å². The minimum Gasteiger partial charge on any atom is -0.398 e. The molecule has 0 aromatic heterocycles. The number of nitrogens with zero attached hydrogens (tertiary/aromatic N) is 1. The van der Waals surface area contributed by atoms with Gasteiger partial charge in [-0.2, -0.15) is 0 Å². The molecule has 0 bridgehead atoms. The van der Waals surface area contributed by atoms with Crippen LogP contribution in [-0.4, -0.2) is 23.9 Å². The van der Waals surface area contributed by atoms with Crippen molar-refractivity contribution >= 4 is 11.6 Å². The normalized spacial score (nSPS) is 26.1. The van der Waals surface area contributed by atoms with Crippen LogP contribution in [0.25, 0.3) is 0 Å². The summed E-state index contributed by atoms with van der Waals surface area (Å²) in [5.41, 5.74) is 8.33. The topological polar surface area (TPSA) is 46.3 Å². The average Bonchev–Trinajstić information content (AvgIpc) is 2.49. The lowest BCUT2D eigenvalue weighted by Crippen LogP contribution is -2.45. The van der Waals surface area contributed by atoms with Crippen molar-refractivity contribution in [2.24, 2.45) is 11.8 Å². The molecule has 1 aromatic carbocycles. The van der Waals surface area contributed by atoms with Gasteiger partial charge in [-0.25, -0.2) is 0 Å². The molecule has 1 saturated carbocycles. The van der Waals surface area contributed by atoms with Crippen LogP contribution in [0, 0.1) is 18.8 Å². The minimum atomic E-state index is 0.166. The second-order valence-electron chi connectivity index (χ2n) is 6.36. The Balaban J connectivity index is 1.76. The van der Waals surface area contributed by atoms with E-state index in [2.05, 4.69) is 0 Å². The van der Waals surface area contributed by atoms with Gasteiger partial charge in [0, 0.05) is 24.3 Å². The molecule has 1 aromatic rings. The Kier molecular flexibility index (Phi) is 3.68. The van der Waals surface area contributed by atoms with Crippen molar-refractivity contribution in [2.75, 3.05) is 18.8 Å². The van der Waals surface area contributed by atoms with Crippen LogP contribution in [0.4, 0.5) is 5.69 Å². The molecule has 1 aliphatic heterocycles. The van der Waals surface area contributed by atoms with E-state index in [4.69, 9.17) is 5.73 Å². The maximum atomic E-state index is 12.7. The highest BCUT2D eigenvalue weighted by Crippen LogP contribution is 2.36. The number of nitrogens with two attached hydrogens (primary N) is 1. The quantitative estimate of drug-likeness (QED) is 0.798. The maximum absolute atomic E-state index is 12.7. The van der Waals surface area contributed by atoms with Crippen LogP contribution < -0.4 is 5.73 Å². The standard InChI is InChI=1S/C17H24N2O/c1-12-15(7-4-8-16(12)18)17(20)19-10-9-13-5-2-3-6-14(13)11-19/h4,7-8,13-14H,2-3,5-6,9-11,18H2,1H3. The third kappa shape index (κ3) is 2.41. The second kappa shape index (κ2) is 5.47. The molecule has 0 radical (unpaired) electrons. The van der Waals surface area contributed by atoms with Crippen LogP contribution in [-0.2, 0) is 0 Å². The molecule has 3 heteroatoms. The Hall–Kier alpha value is -1.51. The fourth-order valence-electron chi connectivity index (χ4n) is 3.84. The molecule has 2 N–H and O–H groups in total. The molecule has 0 spiro atoms. The highest BCUT2D eigenvalue weighted by atomic mass is 16.2. The van der Waals surface area contributed by atoms with Crippen LogP contribution in [0.2, 0.25) is 0 Å². The number of anilines is 1. The summed E-state index contributed by atoms with van der Waals surface area (Å²) in [5.74, 6) is 1.75. The zero-order valence-electron chi connectivity index (χ0n) is 12.3. The zero-order chi connectivity index (χ0) is 14.1. The van der Waals surface area contributed by atoms with Crippen LogP contribution in [0.3, 0.4) is 0 Å². The second-order valence-corrected chi connectivity index (χ2v) is 6.36. The largest absolute Gasteiger partial charge is 0.398 e. The molecule has 3 nitrogen and oxygen atoms in total. The summed E-state index contributed by atoms with van der Waals surface area (Å²) < 4.78 is 0. The van der Waals surface area contributed by atoms with E-state index in [1.165, 1.54) is 32.1 Å². The molecular weight excluding hydrogens is 248 g/mol. The number of carbonyl (C=O) groups excluding carboxylic acids is 1. The first kappa shape index (κ1) is 13.5. The van der Waals surface area contributed by atoms with E-state index in [0.29, 0.717) is 5.69 Å². The van der Waals surface area contributed by atoms with Gasteiger partial charge in [0.25, 0.3) is 5.91 Å². The monoisotopic (exact) mass is 272 g/mol. The van der Waals surface area contributed by atoms with Gasteiger partial charge in [-0.3, -0.25) is 4.79 Å². The van der Waals surface area contributed by atoms with Gasteiger partial charge in [-0.05, 0) is 49.3 Å². The van der Waals surface area contributed by atoms with Crippen molar-refractivity contribution in [2.45, 2.75) is 39.0 Å². The van der Waals surface area contributed by atoms with Gasteiger partial charge < -0.3 is 10.6 Å². The molecule has 1 heterocycles. The van der Waals surface area contributed by atoms with Crippen LogP contribution in [0.5, 0.6) is 0 Å². The van der Waals surface area contributed by atoms with Crippen molar-refractivity contribution in [1.82, 2.24) is 4.90 Å². The number of fused-ring (bicyclic) bond motifs is 1. The molecule has 20 heavy (non-hydrogen) atoms. The van der Waals surface area contributed by atoms with E-state index >= 15 is 0 Å². The van der Waals surface area contributed by atoms with Gasteiger partial charge >= 0.3 is 0 Å². The summed E-state index contributed by atoms with van der Waals surface area (Å²) >= 11 is 0. The predicted molar refractivity (Wildman–Crippen MR) is 81.6 cm³/mol. The van der Waals surface area contributed by atoms with Gasteiger partial charge in [-0.1, -0.05) is 25.3 Å². The van der Waals surface area contributed by atoms with E-state index in [0.717, 1.165) is 36.1 Å². The number of likely N-dealkylation sites (tertiary alicyclic amines) is 1. The highest BCUT2D eigenvalue weighted by molar-refractivity contribution is 5.97. The Morgan fingerprint density at radius 1 is 1.20 bits per heavy atom. The minimum absolute atomic E-state index is 0.166. The summed E-state index contributed by atoms with van der Waals surface area (Å²) in [7, 11) is 0. The average molecular weight is 272 g/mol. The van der Waals surface area contributed by atoms with E-state index in [9.17, 15) is 4.79 Å². The number of rotatable bonds is 1. The third-order valence-corrected chi connectivity index (χ3v) is 5.18. The van der Waals surface area contributed by atoms with Gasteiger partial charge in [0.05, 0.1) is 0 Å². The van der Waals surface area contributed by atoms with Gasteiger partial charge in [0.2, 0.25) is 0 Å². The fourth-order valence-corrected chi connectivity index (χ4v) is 3.84. The van der Waals surface area contributed by atoms with Gasteiger partial charge in [0.1, 0.15) is 0 Å². The van der Waals surface area contributed by atoms with E-state index in [-0.39, 0.29) is 5.91 Å². The lowest BCUT2D eigenvalue weighted by atomic mass is 9.75. The number of benzene rings is 1. The van der Waals surface area contributed by atoms with Crippen molar-refractivity contribution < 1.29 is 4.79 Å². The fraction of sp³-hybridized carbons (Fsp3) is 0.588. The first-order chi connectivity index (χ1) is 9.66. The number of carbonyl (C=O) groups is 1. The summed E-state index contributed by atoms with van der Waals surface area (Å²) in [4.78, 5) is 14.8.